The van der Waals surface area contributed by atoms with Crippen LogP contribution in [-0.2, 0) is 0 Å². The monoisotopic (exact) mass is 301 g/mol. The van der Waals surface area contributed by atoms with Crippen LogP contribution in [0.5, 0.6) is 0 Å². The Hall–Kier alpha value is -1.01. The van der Waals surface area contributed by atoms with Crippen LogP contribution in [-0.4, -0.2) is 30.4 Å². The molecule has 0 aliphatic carbocycles. The highest BCUT2D eigenvalue weighted by molar-refractivity contribution is 9.10. The summed E-state index contributed by atoms with van der Waals surface area (Å²) in [5, 5.41) is 3.43. The number of hydrogen-bond acceptors (Lipinski definition) is 4. The van der Waals surface area contributed by atoms with Gasteiger partial charge in [-0.1, -0.05) is 22.0 Å². The number of thioether (sulfide) groups is 1. The predicted octanol–water partition coefficient (Wildman–Crippen LogP) is 2.52. The van der Waals surface area contributed by atoms with Crippen molar-refractivity contribution in [2.75, 3.05) is 14.1 Å². The molecule has 0 saturated carbocycles. The lowest BCUT2D eigenvalue weighted by molar-refractivity contribution is 0.241. The summed E-state index contributed by atoms with van der Waals surface area (Å²) in [6, 6.07) is 5.59. The zero-order valence-corrected chi connectivity index (χ0v) is 11.4. The molecule has 1 rings (SSSR count). The molecule has 0 heterocycles. The van der Waals surface area contributed by atoms with Crippen LogP contribution in [0, 0.1) is 0 Å². The Labute approximate surface area is 107 Å². The van der Waals surface area contributed by atoms with Crippen LogP contribution in [0.1, 0.15) is 5.56 Å². The first-order chi connectivity index (χ1) is 7.54. The molecule has 0 radical (unpaired) electrons. The van der Waals surface area contributed by atoms with E-state index < -0.39 is 0 Å². The number of nitrogens with zero attached hydrogens (tertiary/aromatic N) is 2. The summed E-state index contributed by atoms with van der Waals surface area (Å²) < 4.78 is 0.913. The molecule has 0 aliphatic heterocycles. The van der Waals surface area contributed by atoms with Gasteiger partial charge in [-0.05, 0) is 23.9 Å². The fourth-order valence-corrected chi connectivity index (χ4v) is 2.28. The second kappa shape index (κ2) is 5.91. The van der Waals surface area contributed by atoms with E-state index >= 15 is 0 Å². The number of hydrazone groups is 1. The van der Waals surface area contributed by atoms with E-state index in [-0.39, 0.29) is 5.24 Å². The van der Waals surface area contributed by atoms with E-state index in [1.807, 2.05) is 18.2 Å². The van der Waals surface area contributed by atoms with Gasteiger partial charge in [0.1, 0.15) is 0 Å². The smallest absolute Gasteiger partial charge is 0.285 e. The number of nitrogens with two attached hydrogens (primary N) is 1. The third kappa shape index (κ3) is 3.53. The zero-order valence-electron chi connectivity index (χ0n) is 8.98. The average Bonchev–Trinajstić information content (AvgIpc) is 2.22. The van der Waals surface area contributed by atoms with E-state index in [9.17, 15) is 4.79 Å². The molecule has 6 heteroatoms. The molecule has 2 N–H and O–H groups in total. The van der Waals surface area contributed by atoms with Gasteiger partial charge in [0.05, 0.1) is 6.21 Å². The van der Waals surface area contributed by atoms with Crippen molar-refractivity contribution in [1.29, 1.82) is 0 Å². The van der Waals surface area contributed by atoms with Crippen LogP contribution >= 0.6 is 27.7 Å². The zero-order chi connectivity index (χ0) is 12.1. The van der Waals surface area contributed by atoms with Gasteiger partial charge in [0.2, 0.25) is 0 Å². The standard InChI is InChI=1S/C10H12BrN3OS/c1-14(2)10(15)16-9-5-8(11)4-3-7(9)6-13-12/h3-6H,12H2,1-2H3. The van der Waals surface area contributed by atoms with Gasteiger partial charge in [-0.15, -0.1) is 0 Å². The highest BCUT2D eigenvalue weighted by Gasteiger charge is 2.10. The van der Waals surface area contributed by atoms with E-state index in [2.05, 4.69) is 21.0 Å². The van der Waals surface area contributed by atoms with E-state index in [1.54, 1.807) is 14.1 Å². The summed E-state index contributed by atoms with van der Waals surface area (Å²) >= 11 is 4.50. The van der Waals surface area contributed by atoms with Crippen molar-refractivity contribution >= 4 is 39.1 Å². The fourth-order valence-electron chi connectivity index (χ4n) is 0.969. The summed E-state index contributed by atoms with van der Waals surface area (Å²) in [5.74, 6) is 5.11. The molecule has 0 bridgehead atoms. The lowest BCUT2D eigenvalue weighted by Gasteiger charge is -2.10. The highest BCUT2D eigenvalue weighted by Crippen LogP contribution is 2.27. The molecule has 1 amide bonds. The molecule has 1 aromatic rings. The van der Waals surface area contributed by atoms with Crippen LogP contribution < -0.4 is 5.84 Å². The topological polar surface area (TPSA) is 58.7 Å². The van der Waals surface area contributed by atoms with Crippen LogP contribution in [0.25, 0.3) is 0 Å². The second-order valence-corrected chi connectivity index (χ2v) is 5.13. The van der Waals surface area contributed by atoms with Gasteiger partial charge in [-0.25, -0.2) is 0 Å². The van der Waals surface area contributed by atoms with Crippen LogP contribution in [0.3, 0.4) is 0 Å². The largest absolute Gasteiger partial charge is 0.339 e. The molecule has 1 aromatic carbocycles. The summed E-state index contributed by atoms with van der Waals surface area (Å²) in [5.41, 5.74) is 0.825. The molecule has 0 atom stereocenters. The summed E-state index contributed by atoms with van der Waals surface area (Å²) in [6.45, 7) is 0. The number of carbonyl (C=O) groups is 1. The van der Waals surface area contributed by atoms with Crippen LogP contribution in [0.4, 0.5) is 4.79 Å². The normalized spacial score (nSPS) is 10.7. The molecule has 0 spiro atoms. The summed E-state index contributed by atoms with van der Waals surface area (Å²) in [6.07, 6.45) is 1.53. The number of amides is 1. The van der Waals surface area contributed by atoms with Crippen molar-refractivity contribution < 1.29 is 4.79 Å². The Morgan fingerprint density at radius 3 is 2.81 bits per heavy atom. The Morgan fingerprint density at radius 1 is 1.56 bits per heavy atom. The number of benzene rings is 1. The second-order valence-electron chi connectivity index (χ2n) is 3.22. The fraction of sp³-hybridized carbons (Fsp3) is 0.200. The molecule has 0 unspecified atom stereocenters. The minimum atomic E-state index is -0.0372. The minimum Gasteiger partial charge on any atom is -0.339 e. The number of carbonyl (C=O) groups excluding carboxylic acids is 1. The molecule has 0 aromatic heterocycles. The molecule has 0 aliphatic rings. The van der Waals surface area contributed by atoms with Gasteiger partial charge in [-0.2, -0.15) is 5.10 Å². The molecule has 4 nitrogen and oxygen atoms in total. The van der Waals surface area contributed by atoms with Gasteiger partial charge in [0, 0.05) is 29.0 Å². The first-order valence-corrected chi connectivity index (χ1v) is 6.07. The van der Waals surface area contributed by atoms with Crippen molar-refractivity contribution in [3.05, 3.63) is 28.2 Å². The minimum absolute atomic E-state index is 0.0372. The van der Waals surface area contributed by atoms with Gasteiger partial charge in [-0.3, -0.25) is 4.79 Å². The Kier molecular flexibility index (Phi) is 4.82. The maximum atomic E-state index is 11.6. The molecule has 86 valence electrons. The van der Waals surface area contributed by atoms with Crippen molar-refractivity contribution in [3.63, 3.8) is 0 Å². The van der Waals surface area contributed by atoms with Crippen molar-refractivity contribution in [3.8, 4) is 0 Å². The lowest BCUT2D eigenvalue weighted by Crippen LogP contribution is -2.16. The lowest BCUT2D eigenvalue weighted by atomic mass is 10.2. The van der Waals surface area contributed by atoms with E-state index in [0.717, 1.165) is 26.7 Å². The van der Waals surface area contributed by atoms with E-state index in [0.29, 0.717) is 0 Å². The Morgan fingerprint density at radius 2 is 2.25 bits per heavy atom. The summed E-state index contributed by atoms with van der Waals surface area (Å²) in [4.78, 5) is 13.9. The number of hydrogen-bond donors (Lipinski definition) is 1. The average molecular weight is 302 g/mol. The number of halogens is 1. The van der Waals surface area contributed by atoms with Gasteiger partial charge in [0.25, 0.3) is 5.24 Å². The Balaban J connectivity index is 3.00. The van der Waals surface area contributed by atoms with Crippen molar-refractivity contribution in [2.45, 2.75) is 4.90 Å². The quantitative estimate of drug-likeness (QED) is 0.395. The van der Waals surface area contributed by atoms with Gasteiger partial charge in [0.15, 0.2) is 0 Å². The van der Waals surface area contributed by atoms with Crippen molar-refractivity contribution in [2.24, 2.45) is 10.9 Å². The third-order valence-electron chi connectivity index (χ3n) is 1.75. The van der Waals surface area contributed by atoms with E-state index in [1.165, 1.54) is 11.1 Å². The molecular formula is C10H12BrN3OS. The van der Waals surface area contributed by atoms with Gasteiger partial charge < -0.3 is 10.7 Å². The summed E-state index contributed by atoms with van der Waals surface area (Å²) in [7, 11) is 3.42. The maximum Gasteiger partial charge on any atom is 0.285 e. The van der Waals surface area contributed by atoms with Crippen molar-refractivity contribution in [1.82, 2.24) is 4.90 Å². The molecular weight excluding hydrogens is 290 g/mol. The number of rotatable bonds is 2. The SMILES string of the molecule is CN(C)C(=O)Sc1cc(Br)ccc1C=NN. The van der Waals surface area contributed by atoms with E-state index in [4.69, 9.17) is 5.84 Å². The third-order valence-corrected chi connectivity index (χ3v) is 3.36. The molecule has 0 saturated heterocycles. The van der Waals surface area contributed by atoms with Crippen LogP contribution in [0.2, 0.25) is 0 Å². The first-order valence-electron chi connectivity index (χ1n) is 4.46. The predicted molar refractivity (Wildman–Crippen MR) is 70.9 cm³/mol. The molecule has 16 heavy (non-hydrogen) atoms. The highest BCUT2D eigenvalue weighted by atomic mass is 79.9. The van der Waals surface area contributed by atoms with Gasteiger partial charge >= 0.3 is 0 Å². The maximum absolute atomic E-state index is 11.6. The first kappa shape index (κ1) is 13.1. The van der Waals surface area contributed by atoms with Crippen LogP contribution in [0.15, 0.2) is 32.7 Å². The Bertz CT molecular complexity index is 421. The molecule has 0 fully saturated rings.